The maximum Gasteiger partial charge on any atom is 0.254 e. The van der Waals surface area contributed by atoms with E-state index in [1.165, 1.54) is 0 Å². The minimum atomic E-state index is -0.508. The van der Waals surface area contributed by atoms with E-state index in [-0.39, 0.29) is 12.7 Å². The van der Waals surface area contributed by atoms with Gasteiger partial charge in [0, 0.05) is 25.2 Å². The Balaban J connectivity index is 1.42. The van der Waals surface area contributed by atoms with Crippen molar-refractivity contribution < 1.29 is 14.3 Å². The number of benzene rings is 1. The Bertz CT molecular complexity index is 842. The lowest BCUT2D eigenvalue weighted by Gasteiger charge is -2.32. The van der Waals surface area contributed by atoms with Gasteiger partial charge in [-0.05, 0) is 50.8 Å². The topological polar surface area (TPSA) is 95.5 Å². The smallest absolute Gasteiger partial charge is 0.254 e. The third-order valence-corrected chi connectivity index (χ3v) is 5.07. The van der Waals surface area contributed by atoms with Crippen molar-refractivity contribution in [1.29, 1.82) is 0 Å². The van der Waals surface area contributed by atoms with Crippen molar-refractivity contribution in [2.75, 3.05) is 19.9 Å². The summed E-state index contributed by atoms with van der Waals surface area (Å²) in [6.45, 7) is 6.23. The Morgan fingerprint density at radius 1 is 1.33 bits per heavy atom. The number of nitrogens with zero attached hydrogens (tertiary/aromatic N) is 4. The molecule has 1 aromatic carbocycles. The lowest BCUT2D eigenvalue weighted by molar-refractivity contribution is 0.0659. The molecule has 1 atom stereocenters. The van der Waals surface area contributed by atoms with Gasteiger partial charge in [0.05, 0.1) is 11.7 Å². The molecule has 8 heteroatoms. The molecular weight excluding hydrogens is 346 g/mol. The number of aromatic nitrogens is 3. The third kappa shape index (κ3) is 3.75. The molecule has 1 fully saturated rings. The minimum absolute atomic E-state index is 0.0281. The molecule has 0 bridgehead atoms. The fourth-order valence-corrected chi connectivity index (χ4v) is 3.56. The van der Waals surface area contributed by atoms with Gasteiger partial charge in [0.15, 0.2) is 11.5 Å². The molecule has 0 saturated carbocycles. The summed E-state index contributed by atoms with van der Waals surface area (Å²) in [7, 11) is 0. The van der Waals surface area contributed by atoms with Crippen molar-refractivity contribution in [2.45, 2.75) is 38.8 Å². The van der Waals surface area contributed by atoms with E-state index in [0.29, 0.717) is 29.5 Å². The van der Waals surface area contributed by atoms with Crippen molar-refractivity contribution in [2.24, 2.45) is 11.7 Å². The summed E-state index contributed by atoms with van der Waals surface area (Å²) in [6, 6.07) is 5.36. The van der Waals surface area contributed by atoms with Crippen molar-refractivity contribution in [3.8, 4) is 11.5 Å². The number of hydrogen-bond acceptors (Lipinski definition) is 6. The minimum Gasteiger partial charge on any atom is -0.454 e. The predicted molar refractivity (Wildman–Crippen MR) is 98.4 cm³/mol. The molecule has 2 aliphatic rings. The molecule has 8 nitrogen and oxygen atoms in total. The summed E-state index contributed by atoms with van der Waals surface area (Å²) in [5.74, 6) is 1.69. The van der Waals surface area contributed by atoms with Crippen molar-refractivity contribution in [3.63, 3.8) is 0 Å². The van der Waals surface area contributed by atoms with Crippen LogP contribution in [0.2, 0.25) is 0 Å². The van der Waals surface area contributed by atoms with Gasteiger partial charge in [-0.2, -0.15) is 0 Å². The van der Waals surface area contributed by atoms with Crippen LogP contribution in [-0.4, -0.2) is 45.7 Å². The lowest BCUT2D eigenvalue weighted by Crippen LogP contribution is -2.41. The Morgan fingerprint density at radius 2 is 2.15 bits per heavy atom. The van der Waals surface area contributed by atoms with E-state index < -0.39 is 5.54 Å². The number of nitrogens with two attached hydrogens (primary N) is 1. The maximum atomic E-state index is 12.9. The molecule has 3 heterocycles. The number of amides is 1. The average Bonchev–Trinajstić information content (AvgIpc) is 3.29. The van der Waals surface area contributed by atoms with E-state index in [9.17, 15) is 4.79 Å². The van der Waals surface area contributed by atoms with E-state index in [2.05, 4.69) is 10.3 Å². The molecule has 1 unspecified atom stereocenters. The van der Waals surface area contributed by atoms with Crippen LogP contribution >= 0.6 is 0 Å². The van der Waals surface area contributed by atoms with Crippen LogP contribution in [-0.2, 0) is 12.1 Å². The fourth-order valence-electron chi connectivity index (χ4n) is 3.56. The Hall–Kier alpha value is -2.61. The van der Waals surface area contributed by atoms with Crippen LogP contribution < -0.4 is 15.2 Å². The zero-order valence-electron chi connectivity index (χ0n) is 15.7. The second kappa shape index (κ2) is 6.84. The zero-order valence-corrected chi connectivity index (χ0v) is 15.7. The molecular formula is C19H25N5O3. The standard InChI is InChI=1S/C19H25N5O3/c1-19(2,20)17-11-24(22-21-17)10-13-4-3-7-23(9-13)18(25)14-5-6-15-16(8-14)27-12-26-15/h5-6,8,11,13H,3-4,7,9-10,12,20H2,1-2H3. The number of fused-ring (bicyclic) bond motifs is 1. The van der Waals surface area contributed by atoms with Gasteiger partial charge in [0.1, 0.15) is 5.69 Å². The number of ether oxygens (including phenoxy) is 2. The van der Waals surface area contributed by atoms with Crippen LogP contribution in [0.4, 0.5) is 0 Å². The van der Waals surface area contributed by atoms with Gasteiger partial charge in [-0.3, -0.25) is 9.48 Å². The highest BCUT2D eigenvalue weighted by atomic mass is 16.7. The Kier molecular flexibility index (Phi) is 4.51. The number of hydrogen-bond donors (Lipinski definition) is 1. The number of rotatable bonds is 4. The molecule has 1 aromatic heterocycles. The molecule has 1 saturated heterocycles. The van der Waals surface area contributed by atoms with Crippen LogP contribution in [0.15, 0.2) is 24.4 Å². The maximum absolute atomic E-state index is 12.9. The van der Waals surface area contributed by atoms with Crippen LogP contribution in [0.5, 0.6) is 11.5 Å². The molecule has 1 amide bonds. The summed E-state index contributed by atoms with van der Waals surface area (Å²) in [4.78, 5) is 14.8. The Morgan fingerprint density at radius 3 is 2.93 bits per heavy atom. The second-order valence-corrected chi connectivity index (χ2v) is 7.87. The van der Waals surface area contributed by atoms with Gasteiger partial charge in [-0.15, -0.1) is 5.10 Å². The van der Waals surface area contributed by atoms with E-state index >= 15 is 0 Å². The fraction of sp³-hybridized carbons (Fsp3) is 0.526. The molecule has 0 spiro atoms. The molecule has 0 aliphatic carbocycles. The highest BCUT2D eigenvalue weighted by Gasteiger charge is 2.27. The second-order valence-electron chi connectivity index (χ2n) is 7.87. The molecule has 144 valence electrons. The number of likely N-dealkylation sites (tertiary alicyclic amines) is 1. The first kappa shape index (κ1) is 17.8. The van der Waals surface area contributed by atoms with Crippen LogP contribution in [0.25, 0.3) is 0 Å². The number of piperidine rings is 1. The lowest BCUT2D eigenvalue weighted by atomic mass is 9.97. The largest absolute Gasteiger partial charge is 0.454 e. The first-order chi connectivity index (χ1) is 12.9. The monoisotopic (exact) mass is 371 g/mol. The predicted octanol–water partition coefficient (Wildman–Crippen LogP) is 1.75. The highest BCUT2D eigenvalue weighted by Crippen LogP contribution is 2.33. The number of carbonyl (C=O) groups is 1. The molecule has 2 aliphatic heterocycles. The highest BCUT2D eigenvalue weighted by molar-refractivity contribution is 5.95. The number of carbonyl (C=O) groups excluding carboxylic acids is 1. The normalized spacial score (nSPS) is 19.4. The summed E-state index contributed by atoms with van der Waals surface area (Å²) in [6.07, 6.45) is 3.94. The van der Waals surface area contributed by atoms with Crippen molar-refractivity contribution in [1.82, 2.24) is 19.9 Å². The van der Waals surface area contributed by atoms with Crippen LogP contribution in [0, 0.1) is 5.92 Å². The molecule has 0 radical (unpaired) electrons. The van der Waals surface area contributed by atoms with Gasteiger partial charge < -0.3 is 20.1 Å². The summed E-state index contributed by atoms with van der Waals surface area (Å²) < 4.78 is 12.5. The van der Waals surface area contributed by atoms with Crippen molar-refractivity contribution in [3.05, 3.63) is 35.7 Å². The van der Waals surface area contributed by atoms with Gasteiger partial charge in [0.2, 0.25) is 6.79 Å². The van der Waals surface area contributed by atoms with E-state index in [1.54, 1.807) is 18.2 Å². The molecule has 4 rings (SSSR count). The Labute approximate surface area is 158 Å². The summed E-state index contributed by atoms with van der Waals surface area (Å²) in [5.41, 5.74) is 6.97. The average molecular weight is 371 g/mol. The molecule has 2 N–H and O–H groups in total. The van der Waals surface area contributed by atoms with Crippen molar-refractivity contribution >= 4 is 5.91 Å². The SMILES string of the molecule is CC(C)(N)c1cn(CC2CCCN(C(=O)c3ccc4c(c3)OCO4)C2)nn1. The van der Waals surface area contributed by atoms with Gasteiger partial charge in [-0.25, -0.2) is 0 Å². The first-order valence-electron chi connectivity index (χ1n) is 9.28. The van der Waals surface area contributed by atoms with Crippen LogP contribution in [0.1, 0.15) is 42.7 Å². The first-order valence-corrected chi connectivity index (χ1v) is 9.28. The van der Waals surface area contributed by atoms with Gasteiger partial charge >= 0.3 is 0 Å². The summed E-state index contributed by atoms with van der Waals surface area (Å²) in [5, 5.41) is 8.37. The quantitative estimate of drug-likeness (QED) is 0.880. The van der Waals surface area contributed by atoms with E-state index in [1.807, 2.05) is 29.6 Å². The van der Waals surface area contributed by atoms with E-state index in [0.717, 1.165) is 31.6 Å². The van der Waals surface area contributed by atoms with Gasteiger partial charge in [-0.1, -0.05) is 5.21 Å². The molecule has 27 heavy (non-hydrogen) atoms. The van der Waals surface area contributed by atoms with Crippen LogP contribution in [0.3, 0.4) is 0 Å². The molecule has 2 aromatic rings. The zero-order chi connectivity index (χ0) is 19.0. The third-order valence-electron chi connectivity index (χ3n) is 5.07. The summed E-state index contributed by atoms with van der Waals surface area (Å²) >= 11 is 0. The van der Waals surface area contributed by atoms with Gasteiger partial charge in [0.25, 0.3) is 5.91 Å². The van der Waals surface area contributed by atoms with E-state index in [4.69, 9.17) is 15.2 Å².